The van der Waals surface area contributed by atoms with Crippen LogP contribution in [0.3, 0.4) is 0 Å². The third-order valence-electron chi connectivity index (χ3n) is 7.00. The third kappa shape index (κ3) is 8.14. The number of ether oxygens (including phenoxy) is 2. The Morgan fingerprint density at radius 1 is 0.658 bits per heavy atom. The molecule has 4 aliphatic rings. The monoisotopic (exact) mass is 728 g/mol. The average Bonchev–Trinajstić information content (AvgIpc) is 2.94. The molecule has 4 saturated heterocycles. The standard InChI is InChI=1S/C25H38N4O8.Bi/c30-22(31)17-27-8-6-26(16-20-2-4-21(5-3-20)25-36-14-1-15-37-25)7-9-28(18-23(32)33)11-13-29(12-10-27)19-24(34)35;/h2-5,25H,1,6-19H2,(H,30,31)(H,32,33)(H,34,35);/q;+3/p-3. The summed E-state index contributed by atoms with van der Waals surface area (Å²) in [4.78, 5) is 46.3. The fraction of sp³-hybridized carbons (Fsp3) is 0.640. The van der Waals surface area contributed by atoms with Gasteiger partial charge in [-0.2, -0.15) is 0 Å². The van der Waals surface area contributed by atoms with Gasteiger partial charge in [0.1, 0.15) is 0 Å². The molecule has 2 atom stereocenters. The minimum atomic E-state index is -4.02. The Balaban J connectivity index is 1.32. The van der Waals surface area contributed by atoms with Crippen molar-refractivity contribution < 1.29 is 32.3 Å². The van der Waals surface area contributed by atoms with Gasteiger partial charge < -0.3 is 9.47 Å². The molecular formula is C25H35BiN4O8. The first-order valence-electron chi connectivity index (χ1n) is 13.1. The number of fused-ring (bicyclic) bond motifs is 7. The Kier molecular flexibility index (Phi) is 9.93. The van der Waals surface area contributed by atoms with Crippen molar-refractivity contribution in [2.45, 2.75) is 19.3 Å². The van der Waals surface area contributed by atoms with Gasteiger partial charge in [0.05, 0.1) is 13.2 Å². The summed E-state index contributed by atoms with van der Waals surface area (Å²) in [5.41, 5.74) is 2.18. The van der Waals surface area contributed by atoms with E-state index in [4.69, 9.17) is 17.9 Å². The van der Waals surface area contributed by atoms with Crippen LogP contribution in [-0.2, 0) is 38.8 Å². The van der Waals surface area contributed by atoms with Gasteiger partial charge in [0.15, 0.2) is 6.29 Å². The van der Waals surface area contributed by atoms with Crippen LogP contribution in [0.25, 0.3) is 0 Å². The summed E-state index contributed by atoms with van der Waals surface area (Å²) >= 11 is -4.02. The molecule has 0 saturated carbocycles. The summed E-state index contributed by atoms with van der Waals surface area (Å²) in [5, 5.41) is 0. The Morgan fingerprint density at radius 3 is 1.58 bits per heavy atom. The molecule has 4 aliphatic heterocycles. The fourth-order valence-corrected chi connectivity index (χ4v) is 7.92. The van der Waals surface area contributed by atoms with Gasteiger partial charge in [0, 0.05) is 0 Å². The maximum absolute atomic E-state index is 12.7. The molecule has 12 nitrogen and oxygen atoms in total. The molecule has 13 heteroatoms. The van der Waals surface area contributed by atoms with Gasteiger partial charge >= 0.3 is 197 Å². The summed E-state index contributed by atoms with van der Waals surface area (Å²) in [6.45, 7) is 7.61. The van der Waals surface area contributed by atoms with Gasteiger partial charge in [-0.1, -0.05) is 0 Å². The number of carbonyl (C=O) groups is 3. The number of carbonyl (C=O) groups excluding carboxylic acids is 3. The van der Waals surface area contributed by atoms with Crippen LogP contribution in [-0.4, -0.2) is 146 Å². The van der Waals surface area contributed by atoms with Crippen LogP contribution in [0.5, 0.6) is 0 Å². The topological polar surface area (TPSA) is 110 Å². The van der Waals surface area contributed by atoms with Crippen LogP contribution in [0.2, 0.25) is 0 Å². The van der Waals surface area contributed by atoms with Crippen molar-refractivity contribution in [2.24, 2.45) is 0 Å². The molecule has 4 bridgehead atoms. The van der Waals surface area contributed by atoms with Gasteiger partial charge in [-0.3, -0.25) is 0 Å². The Bertz CT molecular complexity index is 941. The zero-order valence-electron chi connectivity index (χ0n) is 21.5. The summed E-state index contributed by atoms with van der Waals surface area (Å²) in [5.74, 6) is -1.54. The molecule has 0 aromatic heterocycles. The average molecular weight is 729 g/mol. The first-order chi connectivity index (χ1) is 18.5. The second-order valence-corrected chi connectivity index (χ2v) is 13.8. The molecule has 0 radical (unpaired) electrons. The van der Waals surface area contributed by atoms with E-state index in [1.165, 1.54) is 5.56 Å². The van der Waals surface area contributed by atoms with E-state index >= 15 is 0 Å². The number of hydrogen-bond acceptors (Lipinski definition) is 12. The Hall–Kier alpha value is -1.73. The van der Waals surface area contributed by atoms with Crippen molar-refractivity contribution in [3.63, 3.8) is 0 Å². The van der Waals surface area contributed by atoms with Crippen molar-refractivity contribution in [3.05, 3.63) is 35.4 Å². The quantitative estimate of drug-likeness (QED) is 0.374. The number of nitrogens with zero attached hydrogens (tertiary/aromatic N) is 4. The van der Waals surface area contributed by atoms with Crippen LogP contribution in [0.1, 0.15) is 23.8 Å². The van der Waals surface area contributed by atoms with Gasteiger partial charge in [-0.05, 0) is 6.42 Å². The zero-order chi connectivity index (χ0) is 26.3. The second-order valence-electron chi connectivity index (χ2n) is 9.89. The normalized spacial score (nSPS) is 29.3. The van der Waals surface area contributed by atoms with Crippen LogP contribution in [0.4, 0.5) is 0 Å². The van der Waals surface area contributed by atoms with Crippen LogP contribution < -0.4 is 0 Å². The van der Waals surface area contributed by atoms with Gasteiger partial charge in [-0.25, -0.2) is 0 Å². The first-order valence-corrected chi connectivity index (χ1v) is 17.4. The molecule has 0 aliphatic carbocycles. The maximum atomic E-state index is 12.7. The summed E-state index contributed by atoms with van der Waals surface area (Å²) in [6, 6.07) is 8.32. The van der Waals surface area contributed by atoms with E-state index in [9.17, 15) is 14.4 Å². The first kappa shape index (κ1) is 27.8. The van der Waals surface area contributed by atoms with E-state index in [0.717, 1.165) is 31.6 Å². The second kappa shape index (κ2) is 13.6. The number of rotatable bonds is 3. The van der Waals surface area contributed by atoms with Crippen molar-refractivity contribution in [1.82, 2.24) is 19.6 Å². The predicted octanol–water partition coefficient (Wildman–Crippen LogP) is -0.515. The van der Waals surface area contributed by atoms with Gasteiger partial charge in [-0.15, -0.1) is 0 Å². The molecule has 38 heavy (non-hydrogen) atoms. The summed E-state index contributed by atoms with van der Waals surface area (Å²) in [6.07, 6.45) is 0.612. The van der Waals surface area contributed by atoms with E-state index in [0.29, 0.717) is 52.5 Å². The van der Waals surface area contributed by atoms with E-state index in [-0.39, 0.29) is 25.9 Å². The predicted molar refractivity (Wildman–Crippen MR) is 134 cm³/mol. The van der Waals surface area contributed by atoms with E-state index in [1.54, 1.807) is 0 Å². The van der Waals surface area contributed by atoms with E-state index in [2.05, 4.69) is 29.2 Å². The number of benzene rings is 1. The molecule has 4 fully saturated rings. The molecule has 0 amide bonds. The minimum absolute atomic E-state index is 0.0603. The zero-order valence-corrected chi connectivity index (χ0v) is 25.0. The molecule has 0 spiro atoms. The summed E-state index contributed by atoms with van der Waals surface area (Å²) in [7, 11) is 0. The fourth-order valence-electron chi connectivity index (χ4n) is 4.87. The molecule has 5 rings (SSSR count). The third-order valence-corrected chi connectivity index (χ3v) is 11.1. The van der Waals surface area contributed by atoms with E-state index in [1.807, 2.05) is 14.7 Å². The Morgan fingerprint density at radius 2 is 1.11 bits per heavy atom. The van der Waals surface area contributed by atoms with Gasteiger partial charge in [0.2, 0.25) is 0 Å². The molecule has 4 heterocycles. The van der Waals surface area contributed by atoms with Crippen LogP contribution >= 0.6 is 0 Å². The van der Waals surface area contributed by atoms with Crippen LogP contribution in [0, 0.1) is 0 Å². The Labute approximate surface area is 232 Å². The molecular weight excluding hydrogens is 693 g/mol. The van der Waals surface area contributed by atoms with Crippen molar-refractivity contribution in [1.29, 1.82) is 0 Å². The molecule has 208 valence electrons. The molecule has 2 unspecified atom stereocenters. The van der Waals surface area contributed by atoms with E-state index < -0.39 is 41.0 Å². The molecule has 1 aromatic rings. The summed E-state index contributed by atoms with van der Waals surface area (Å²) < 4.78 is 27.7. The SMILES string of the molecule is O=C1CN2CCN3CCN(Cc4ccc(C5OCCCO5)cc4)CCN(CC2)CC(=O)[O][Bi]([O]1)[O]C(=O)C3. The van der Waals surface area contributed by atoms with Crippen LogP contribution in [0.15, 0.2) is 24.3 Å². The van der Waals surface area contributed by atoms with Crippen molar-refractivity contribution >= 4 is 41.0 Å². The molecule has 1 aromatic carbocycles. The van der Waals surface area contributed by atoms with Crippen molar-refractivity contribution in [2.75, 3.05) is 85.2 Å². The molecule has 0 N–H and O–H groups in total. The number of hydrogen-bond donors (Lipinski definition) is 0. The van der Waals surface area contributed by atoms with Crippen molar-refractivity contribution in [3.8, 4) is 0 Å². The van der Waals surface area contributed by atoms with Gasteiger partial charge in [0.25, 0.3) is 0 Å².